The smallest absolute Gasteiger partial charge is 0.220 e. The number of carbonyl (C=O) groups excluding carboxylic acids is 1. The van der Waals surface area contributed by atoms with Gasteiger partial charge in [-0.2, -0.15) is 0 Å². The number of nitrogens with zero attached hydrogens (tertiary/aromatic N) is 1. The lowest BCUT2D eigenvalue weighted by Crippen LogP contribution is -2.37. The van der Waals surface area contributed by atoms with Crippen LogP contribution in [0.15, 0.2) is 18.3 Å². The summed E-state index contributed by atoms with van der Waals surface area (Å²) in [6.45, 7) is 2.50. The van der Waals surface area contributed by atoms with Crippen molar-refractivity contribution in [3.8, 4) is 0 Å². The zero-order chi connectivity index (χ0) is 13.7. The first-order chi connectivity index (χ1) is 9.15. The highest BCUT2D eigenvalue weighted by molar-refractivity contribution is 5.76. The van der Waals surface area contributed by atoms with Crippen LogP contribution >= 0.6 is 0 Å². The zero-order valence-electron chi connectivity index (χ0n) is 11.6. The molecule has 1 aromatic heterocycles. The molecule has 19 heavy (non-hydrogen) atoms. The number of amides is 1. The maximum Gasteiger partial charge on any atom is 0.220 e. The third-order valence-electron chi connectivity index (χ3n) is 3.88. The van der Waals surface area contributed by atoms with Crippen LogP contribution in [0, 0.1) is 12.8 Å². The van der Waals surface area contributed by atoms with E-state index in [1.807, 2.05) is 25.3 Å². The van der Waals surface area contributed by atoms with Crippen molar-refractivity contribution in [2.45, 2.75) is 51.6 Å². The van der Waals surface area contributed by atoms with E-state index >= 15 is 0 Å². The van der Waals surface area contributed by atoms with Crippen molar-refractivity contribution in [1.82, 2.24) is 10.3 Å². The fraction of sp³-hybridized carbons (Fsp3) is 0.600. The third-order valence-corrected chi connectivity index (χ3v) is 3.88. The van der Waals surface area contributed by atoms with Gasteiger partial charge in [-0.1, -0.05) is 18.9 Å². The first-order valence-corrected chi connectivity index (χ1v) is 7.09. The summed E-state index contributed by atoms with van der Waals surface area (Å²) >= 11 is 0. The van der Waals surface area contributed by atoms with Gasteiger partial charge in [-0.05, 0) is 37.3 Å². The molecule has 1 amide bonds. The number of nitrogens with one attached hydrogen (secondary N) is 1. The topological polar surface area (TPSA) is 68.0 Å². The van der Waals surface area contributed by atoms with Crippen LogP contribution in [0.5, 0.6) is 0 Å². The Morgan fingerprint density at radius 3 is 2.89 bits per heavy atom. The van der Waals surface area contributed by atoms with Gasteiger partial charge in [0, 0.05) is 30.9 Å². The number of hydrogen-bond acceptors (Lipinski definition) is 3. The monoisotopic (exact) mass is 261 g/mol. The van der Waals surface area contributed by atoms with Gasteiger partial charge in [0.2, 0.25) is 5.91 Å². The van der Waals surface area contributed by atoms with Crippen LogP contribution in [0.3, 0.4) is 0 Å². The SMILES string of the molecule is Cc1ccc(CNC(=O)CC2CCCCC2N)cn1. The van der Waals surface area contributed by atoms with Gasteiger partial charge < -0.3 is 11.1 Å². The summed E-state index contributed by atoms with van der Waals surface area (Å²) in [4.78, 5) is 16.1. The molecule has 0 radical (unpaired) electrons. The molecule has 1 heterocycles. The molecule has 0 bridgehead atoms. The van der Waals surface area contributed by atoms with Gasteiger partial charge in [-0.3, -0.25) is 9.78 Å². The summed E-state index contributed by atoms with van der Waals surface area (Å²) < 4.78 is 0. The van der Waals surface area contributed by atoms with Crippen LogP contribution in [0.4, 0.5) is 0 Å². The molecule has 1 aliphatic carbocycles. The molecule has 0 aliphatic heterocycles. The van der Waals surface area contributed by atoms with Crippen molar-refractivity contribution in [3.63, 3.8) is 0 Å². The number of hydrogen-bond donors (Lipinski definition) is 2. The molecule has 2 rings (SSSR count). The quantitative estimate of drug-likeness (QED) is 0.870. The highest BCUT2D eigenvalue weighted by atomic mass is 16.1. The van der Waals surface area contributed by atoms with Crippen LogP contribution in [0.2, 0.25) is 0 Å². The first-order valence-electron chi connectivity index (χ1n) is 7.09. The van der Waals surface area contributed by atoms with Gasteiger partial charge in [-0.25, -0.2) is 0 Å². The Bertz CT molecular complexity index is 416. The summed E-state index contributed by atoms with van der Waals surface area (Å²) in [7, 11) is 0. The summed E-state index contributed by atoms with van der Waals surface area (Å²) in [6, 6.07) is 4.15. The van der Waals surface area contributed by atoms with E-state index in [4.69, 9.17) is 5.73 Å². The molecule has 3 N–H and O–H groups in total. The normalized spacial score (nSPS) is 23.1. The Morgan fingerprint density at radius 2 is 2.21 bits per heavy atom. The largest absolute Gasteiger partial charge is 0.352 e. The molecule has 4 heteroatoms. The average molecular weight is 261 g/mol. The summed E-state index contributed by atoms with van der Waals surface area (Å²) in [6.07, 6.45) is 6.91. The highest BCUT2D eigenvalue weighted by Crippen LogP contribution is 2.25. The first kappa shape index (κ1) is 14.0. The molecule has 1 fully saturated rings. The molecule has 1 aliphatic rings. The van der Waals surface area contributed by atoms with Crippen LogP contribution in [-0.4, -0.2) is 16.9 Å². The van der Waals surface area contributed by atoms with Crippen LogP contribution in [0.25, 0.3) is 0 Å². The number of pyridine rings is 1. The summed E-state index contributed by atoms with van der Waals surface area (Å²) in [5.74, 6) is 0.452. The second-order valence-electron chi connectivity index (χ2n) is 5.50. The van der Waals surface area contributed by atoms with Gasteiger partial charge in [0.15, 0.2) is 0 Å². The van der Waals surface area contributed by atoms with Crippen molar-refractivity contribution < 1.29 is 4.79 Å². The minimum absolute atomic E-state index is 0.0999. The van der Waals surface area contributed by atoms with Crippen molar-refractivity contribution in [3.05, 3.63) is 29.6 Å². The molecule has 0 saturated heterocycles. The Morgan fingerprint density at radius 1 is 1.42 bits per heavy atom. The highest BCUT2D eigenvalue weighted by Gasteiger charge is 2.23. The van der Waals surface area contributed by atoms with E-state index in [-0.39, 0.29) is 11.9 Å². The fourth-order valence-corrected chi connectivity index (χ4v) is 2.60. The number of aromatic nitrogens is 1. The van der Waals surface area contributed by atoms with E-state index in [0.29, 0.717) is 18.9 Å². The van der Waals surface area contributed by atoms with Crippen molar-refractivity contribution in [1.29, 1.82) is 0 Å². The van der Waals surface area contributed by atoms with Gasteiger partial charge in [-0.15, -0.1) is 0 Å². The number of aryl methyl sites for hydroxylation is 1. The Kier molecular flexibility index (Phi) is 4.91. The fourth-order valence-electron chi connectivity index (χ4n) is 2.60. The second-order valence-corrected chi connectivity index (χ2v) is 5.50. The number of nitrogens with two attached hydrogens (primary N) is 1. The zero-order valence-corrected chi connectivity index (χ0v) is 11.6. The van der Waals surface area contributed by atoms with Crippen LogP contribution in [0.1, 0.15) is 43.4 Å². The maximum absolute atomic E-state index is 11.9. The van der Waals surface area contributed by atoms with Crippen molar-refractivity contribution in [2.24, 2.45) is 11.7 Å². The van der Waals surface area contributed by atoms with Gasteiger partial charge in [0.25, 0.3) is 0 Å². The lowest BCUT2D eigenvalue weighted by atomic mass is 9.83. The maximum atomic E-state index is 11.9. The van der Waals surface area contributed by atoms with E-state index in [2.05, 4.69) is 10.3 Å². The average Bonchev–Trinajstić information content (AvgIpc) is 2.41. The second kappa shape index (κ2) is 6.66. The molecule has 1 aromatic rings. The van der Waals surface area contributed by atoms with Crippen LogP contribution < -0.4 is 11.1 Å². The summed E-state index contributed by atoms with van der Waals surface area (Å²) in [5.41, 5.74) is 8.08. The predicted octanol–water partition coefficient (Wildman–Crippen LogP) is 1.91. The number of carbonyl (C=O) groups is 1. The molecular weight excluding hydrogens is 238 g/mol. The Hall–Kier alpha value is -1.42. The van der Waals surface area contributed by atoms with Crippen molar-refractivity contribution >= 4 is 5.91 Å². The van der Waals surface area contributed by atoms with E-state index in [1.54, 1.807) is 0 Å². The molecule has 2 unspecified atom stereocenters. The molecule has 0 spiro atoms. The van der Waals surface area contributed by atoms with E-state index in [1.165, 1.54) is 12.8 Å². The molecule has 4 nitrogen and oxygen atoms in total. The minimum Gasteiger partial charge on any atom is -0.352 e. The lowest BCUT2D eigenvalue weighted by molar-refractivity contribution is -0.122. The Balaban J connectivity index is 1.76. The Labute approximate surface area is 114 Å². The molecular formula is C15H23N3O. The van der Waals surface area contributed by atoms with Gasteiger partial charge in [0.1, 0.15) is 0 Å². The van der Waals surface area contributed by atoms with Crippen molar-refractivity contribution in [2.75, 3.05) is 0 Å². The summed E-state index contributed by atoms with van der Waals surface area (Å²) in [5, 5.41) is 2.95. The number of rotatable bonds is 4. The van der Waals surface area contributed by atoms with E-state index in [0.717, 1.165) is 24.1 Å². The predicted molar refractivity (Wildman–Crippen MR) is 75.4 cm³/mol. The van der Waals surface area contributed by atoms with Crippen LogP contribution in [-0.2, 0) is 11.3 Å². The minimum atomic E-state index is 0.0999. The standard InChI is InChI=1S/C15H23N3O/c1-11-6-7-12(9-17-11)10-18-15(19)8-13-4-2-3-5-14(13)16/h6-7,9,13-14H,2-5,8,10,16H2,1H3,(H,18,19). The molecule has 1 saturated carbocycles. The van der Waals surface area contributed by atoms with Gasteiger partial charge in [0.05, 0.1) is 0 Å². The molecule has 104 valence electrons. The van der Waals surface area contributed by atoms with E-state index < -0.39 is 0 Å². The third kappa shape index (κ3) is 4.31. The molecule has 2 atom stereocenters. The lowest BCUT2D eigenvalue weighted by Gasteiger charge is -2.27. The van der Waals surface area contributed by atoms with Gasteiger partial charge >= 0.3 is 0 Å². The van der Waals surface area contributed by atoms with E-state index in [9.17, 15) is 4.79 Å². The molecule has 0 aromatic carbocycles.